The second-order valence-electron chi connectivity index (χ2n) is 3.22. The highest BCUT2D eigenvalue weighted by Crippen LogP contribution is 2.17. The van der Waals surface area contributed by atoms with Crippen molar-refractivity contribution in [2.24, 2.45) is 5.73 Å². The first-order valence-electron chi connectivity index (χ1n) is 4.24. The van der Waals surface area contributed by atoms with Gasteiger partial charge in [-0.05, 0) is 36.6 Å². The third-order valence-electron chi connectivity index (χ3n) is 2.07. The van der Waals surface area contributed by atoms with Crippen LogP contribution in [0.15, 0.2) is 22.7 Å². The summed E-state index contributed by atoms with van der Waals surface area (Å²) in [5.74, 6) is -0.968. The summed E-state index contributed by atoms with van der Waals surface area (Å²) in [6, 6.07) is 4.93. The van der Waals surface area contributed by atoms with Crippen molar-refractivity contribution in [2.75, 3.05) is 0 Å². The molecule has 0 saturated carbocycles. The predicted molar refractivity (Wildman–Crippen MR) is 58.2 cm³/mol. The third-order valence-corrected chi connectivity index (χ3v) is 2.56. The number of hydrogen-bond acceptors (Lipinski definition) is 2. The van der Waals surface area contributed by atoms with Gasteiger partial charge in [-0.25, -0.2) is 0 Å². The maximum Gasteiger partial charge on any atom is 0.320 e. The van der Waals surface area contributed by atoms with Crippen LogP contribution in [0.1, 0.15) is 11.1 Å². The maximum absolute atomic E-state index is 10.6. The molecule has 0 aliphatic heterocycles. The average Bonchev–Trinajstić information content (AvgIpc) is 2.11. The van der Waals surface area contributed by atoms with Gasteiger partial charge in [-0.15, -0.1) is 0 Å². The zero-order chi connectivity index (χ0) is 10.7. The molecule has 1 aromatic carbocycles. The van der Waals surface area contributed by atoms with Crippen LogP contribution in [0.25, 0.3) is 0 Å². The molecular formula is C10H12BrNO2. The molecule has 14 heavy (non-hydrogen) atoms. The Kier molecular flexibility index (Phi) is 3.66. The Balaban J connectivity index is 2.85. The van der Waals surface area contributed by atoms with E-state index in [-0.39, 0.29) is 0 Å². The molecule has 1 atom stereocenters. The van der Waals surface area contributed by atoms with Gasteiger partial charge in [-0.3, -0.25) is 4.79 Å². The van der Waals surface area contributed by atoms with E-state index < -0.39 is 12.0 Å². The van der Waals surface area contributed by atoms with Crippen LogP contribution in [0.3, 0.4) is 0 Å². The van der Waals surface area contributed by atoms with Gasteiger partial charge in [0.2, 0.25) is 0 Å². The summed E-state index contributed by atoms with van der Waals surface area (Å²) in [5, 5.41) is 8.67. The molecule has 0 amide bonds. The molecule has 0 fully saturated rings. The predicted octanol–water partition coefficient (Wildman–Crippen LogP) is 1.71. The van der Waals surface area contributed by atoms with E-state index in [9.17, 15) is 4.79 Å². The summed E-state index contributed by atoms with van der Waals surface area (Å²) in [6.45, 7) is 1.94. The molecule has 0 radical (unpaired) electrons. The lowest BCUT2D eigenvalue weighted by Crippen LogP contribution is -2.32. The number of benzene rings is 1. The van der Waals surface area contributed by atoms with Crippen molar-refractivity contribution in [1.29, 1.82) is 0 Å². The Morgan fingerprint density at radius 3 is 2.86 bits per heavy atom. The number of aryl methyl sites for hydroxylation is 1. The Bertz CT molecular complexity index is 352. The number of carbonyl (C=O) groups is 1. The van der Waals surface area contributed by atoms with E-state index in [4.69, 9.17) is 10.8 Å². The smallest absolute Gasteiger partial charge is 0.320 e. The van der Waals surface area contributed by atoms with Crippen molar-refractivity contribution < 1.29 is 9.90 Å². The first-order chi connectivity index (χ1) is 6.50. The lowest BCUT2D eigenvalue weighted by atomic mass is 10.0. The molecule has 0 aliphatic carbocycles. The average molecular weight is 258 g/mol. The van der Waals surface area contributed by atoms with Gasteiger partial charge >= 0.3 is 5.97 Å². The highest BCUT2D eigenvalue weighted by Gasteiger charge is 2.13. The second kappa shape index (κ2) is 4.57. The molecule has 1 rings (SSSR count). The van der Waals surface area contributed by atoms with E-state index in [1.165, 1.54) is 0 Å². The quantitative estimate of drug-likeness (QED) is 0.867. The second-order valence-corrected chi connectivity index (χ2v) is 4.14. The first-order valence-corrected chi connectivity index (χ1v) is 5.03. The van der Waals surface area contributed by atoms with Gasteiger partial charge in [-0.2, -0.15) is 0 Å². The molecule has 3 N–H and O–H groups in total. The fourth-order valence-corrected chi connectivity index (χ4v) is 1.59. The Labute approximate surface area is 91.1 Å². The molecule has 1 unspecified atom stereocenters. The van der Waals surface area contributed by atoms with E-state index >= 15 is 0 Å². The number of carboxylic acids is 1. The zero-order valence-electron chi connectivity index (χ0n) is 7.83. The van der Waals surface area contributed by atoms with E-state index in [1.807, 2.05) is 25.1 Å². The standard InChI is InChI=1S/C10H12BrNO2/c1-6-2-3-8(11)4-7(6)5-9(12)10(13)14/h2-4,9H,5,12H2,1H3,(H,13,14). The normalized spacial score (nSPS) is 12.5. The lowest BCUT2D eigenvalue weighted by Gasteiger charge is -2.09. The van der Waals surface area contributed by atoms with E-state index in [1.54, 1.807) is 0 Å². The van der Waals surface area contributed by atoms with Crippen molar-refractivity contribution >= 4 is 21.9 Å². The van der Waals surface area contributed by atoms with Gasteiger partial charge < -0.3 is 10.8 Å². The minimum atomic E-state index is -0.968. The zero-order valence-corrected chi connectivity index (χ0v) is 9.41. The SMILES string of the molecule is Cc1ccc(Br)cc1CC(N)C(=O)O. The number of aliphatic carboxylic acids is 1. The van der Waals surface area contributed by atoms with Gasteiger partial charge in [-0.1, -0.05) is 22.0 Å². The lowest BCUT2D eigenvalue weighted by molar-refractivity contribution is -0.138. The van der Waals surface area contributed by atoms with E-state index in [0.717, 1.165) is 15.6 Å². The van der Waals surface area contributed by atoms with Crippen LogP contribution in [0.2, 0.25) is 0 Å². The number of nitrogens with two attached hydrogens (primary N) is 1. The summed E-state index contributed by atoms with van der Waals surface area (Å²) < 4.78 is 0.940. The molecule has 0 aromatic heterocycles. The third kappa shape index (κ3) is 2.82. The van der Waals surface area contributed by atoms with E-state index in [0.29, 0.717) is 6.42 Å². The van der Waals surface area contributed by atoms with Crippen LogP contribution in [0.5, 0.6) is 0 Å². The monoisotopic (exact) mass is 257 g/mol. The molecule has 0 spiro atoms. The van der Waals surface area contributed by atoms with Gasteiger partial charge in [0.15, 0.2) is 0 Å². The van der Waals surface area contributed by atoms with Crippen molar-refractivity contribution in [2.45, 2.75) is 19.4 Å². The molecule has 3 nitrogen and oxygen atoms in total. The molecule has 4 heteroatoms. The summed E-state index contributed by atoms with van der Waals surface area (Å²) in [5.41, 5.74) is 7.48. The fourth-order valence-electron chi connectivity index (χ4n) is 1.18. The largest absolute Gasteiger partial charge is 0.480 e. The number of hydrogen-bond donors (Lipinski definition) is 2. The van der Waals surface area contributed by atoms with Gasteiger partial charge in [0.05, 0.1) is 0 Å². The molecule has 76 valence electrons. The highest BCUT2D eigenvalue weighted by atomic mass is 79.9. The molecule has 0 aliphatic rings. The summed E-state index contributed by atoms with van der Waals surface area (Å²) in [6.07, 6.45) is 0.362. The fraction of sp³-hybridized carbons (Fsp3) is 0.300. The van der Waals surface area contributed by atoms with Gasteiger partial charge in [0.1, 0.15) is 6.04 Å². The van der Waals surface area contributed by atoms with E-state index in [2.05, 4.69) is 15.9 Å². The van der Waals surface area contributed by atoms with Gasteiger partial charge in [0.25, 0.3) is 0 Å². The van der Waals surface area contributed by atoms with Crippen LogP contribution >= 0.6 is 15.9 Å². The molecular weight excluding hydrogens is 246 g/mol. The number of halogens is 1. The van der Waals surface area contributed by atoms with Crippen LogP contribution in [-0.2, 0) is 11.2 Å². The topological polar surface area (TPSA) is 63.3 Å². The minimum absolute atomic E-state index is 0.362. The minimum Gasteiger partial charge on any atom is -0.480 e. The molecule has 0 saturated heterocycles. The van der Waals surface area contributed by atoms with Crippen LogP contribution in [-0.4, -0.2) is 17.1 Å². The molecule has 0 heterocycles. The molecule has 0 bridgehead atoms. The van der Waals surface area contributed by atoms with Crippen molar-refractivity contribution in [3.8, 4) is 0 Å². The summed E-state index contributed by atoms with van der Waals surface area (Å²) in [7, 11) is 0. The summed E-state index contributed by atoms with van der Waals surface area (Å²) in [4.78, 5) is 10.6. The van der Waals surface area contributed by atoms with Crippen LogP contribution < -0.4 is 5.73 Å². The number of carboxylic acid groups (broad SMARTS) is 1. The highest BCUT2D eigenvalue weighted by molar-refractivity contribution is 9.10. The van der Waals surface area contributed by atoms with Gasteiger partial charge in [0, 0.05) is 4.47 Å². The van der Waals surface area contributed by atoms with Crippen molar-refractivity contribution in [3.05, 3.63) is 33.8 Å². The Morgan fingerprint density at radius 1 is 1.64 bits per heavy atom. The summed E-state index contributed by atoms with van der Waals surface area (Å²) >= 11 is 3.34. The Hall–Kier alpha value is -0.870. The number of rotatable bonds is 3. The Morgan fingerprint density at radius 2 is 2.29 bits per heavy atom. The first kappa shape index (κ1) is 11.2. The van der Waals surface area contributed by atoms with Crippen LogP contribution in [0.4, 0.5) is 0 Å². The maximum atomic E-state index is 10.6. The van der Waals surface area contributed by atoms with Crippen molar-refractivity contribution in [1.82, 2.24) is 0 Å². The molecule has 1 aromatic rings. The van der Waals surface area contributed by atoms with Crippen molar-refractivity contribution in [3.63, 3.8) is 0 Å². The van der Waals surface area contributed by atoms with Crippen LogP contribution in [0, 0.1) is 6.92 Å².